The molecule has 1 heterocycles. The average Bonchev–Trinajstić information content (AvgIpc) is 2.67. The largest absolute Gasteiger partial charge is 0.384 e. The molecule has 3 rings (SSSR count). The summed E-state index contributed by atoms with van der Waals surface area (Å²) in [5.41, 5.74) is 7.82. The summed E-state index contributed by atoms with van der Waals surface area (Å²) < 4.78 is 0. The van der Waals surface area contributed by atoms with Gasteiger partial charge in [0.05, 0.1) is 0 Å². The Morgan fingerprint density at radius 2 is 1.58 bits per heavy atom. The van der Waals surface area contributed by atoms with E-state index in [4.69, 9.17) is 5.73 Å². The monoisotopic (exact) mass is 358 g/mol. The molecule has 0 aliphatic carbocycles. The van der Waals surface area contributed by atoms with Crippen molar-refractivity contribution in [2.45, 2.75) is 4.90 Å². The smallest absolute Gasteiger partial charge is 0.268 e. The van der Waals surface area contributed by atoms with Crippen molar-refractivity contribution < 1.29 is 0 Å². The number of thioether (sulfide) groups is 1. The summed E-state index contributed by atoms with van der Waals surface area (Å²) in [5.74, 6) is -0.0426. The van der Waals surface area contributed by atoms with E-state index in [9.17, 15) is 15.3 Å². The molecule has 0 aliphatic rings. The Morgan fingerprint density at radius 3 is 2.15 bits per heavy atom. The first-order valence-electron chi connectivity index (χ1n) is 7.70. The van der Waals surface area contributed by atoms with E-state index in [1.165, 1.54) is 0 Å². The molecule has 0 unspecified atom stereocenters. The van der Waals surface area contributed by atoms with Crippen LogP contribution in [0.4, 0.5) is 5.82 Å². The Kier molecular flexibility index (Phi) is 4.79. The summed E-state index contributed by atoms with van der Waals surface area (Å²) in [6, 6.07) is 19.2. The second-order valence-corrected chi connectivity index (χ2v) is 6.37. The van der Waals surface area contributed by atoms with Crippen LogP contribution in [0.2, 0.25) is 0 Å². The van der Waals surface area contributed by atoms with Crippen LogP contribution in [-0.4, -0.2) is 11.2 Å². The van der Waals surface area contributed by atoms with Gasteiger partial charge < -0.3 is 10.7 Å². The van der Waals surface area contributed by atoms with E-state index in [1.54, 1.807) is 23.9 Å². The minimum Gasteiger partial charge on any atom is -0.384 e. The maximum Gasteiger partial charge on any atom is 0.268 e. The van der Waals surface area contributed by atoms with Gasteiger partial charge in [0, 0.05) is 10.5 Å². The second kappa shape index (κ2) is 7.18. The third-order valence-electron chi connectivity index (χ3n) is 4.07. The second-order valence-electron chi connectivity index (χ2n) is 5.49. The van der Waals surface area contributed by atoms with Gasteiger partial charge >= 0.3 is 0 Å². The molecule has 0 saturated heterocycles. The van der Waals surface area contributed by atoms with Gasteiger partial charge in [-0.15, -0.1) is 11.8 Å². The van der Waals surface area contributed by atoms with Crippen molar-refractivity contribution in [3.8, 4) is 34.4 Å². The van der Waals surface area contributed by atoms with E-state index in [1.807, 2.05) is 54.8 Å². The Hall–Kier alpha value is -3.48. The van der Waals surface area contributed by atoms with E-state index in [2.05, 4.69) is 4.98 Å². The van der Waals surface area contributed by atoms with Gasteiger partial charge in [0.2, 0.25) is 0 Å². The summed E-state index contributed by atoms with van der Waals surface area (Å²) in [5, 5.41) is 19.0. The van der Waals surface area contributed by atoms with Crippen LogP contribution in [0.1, 0.15) is 11.1 Å². The highest BCUT2D eigenvalue weighted by molar-refractivity contribution is 7.98. The van der Waals surface area contributed by atoms with E-state index >= 15 is 0 Å². The van der Waals surface area contributed by atoms with Gasteiger partial charge in [-0.25, -0.2) is 0 Å². The average molecular weight is 358 g/mol. The molecular weight excluding hydrogens is 344 g/mol. The Labute approximate surface area is 154 Å². The summed E-state index contributed by atoms with van der Waals surface area (Å²) in [4.78, 5) is 15.7. The van der Waals surface area contributed by atoms with Crippen molar-refractivity contribution in [3.63, 3.8) is 0 Å². The number of pyridine rings is 1. The van der Waals surface area contributed by atoms with Crippen molar-refractivity contribution >= 4 is 17.6 Å². The first-order valence-corrected chi connectivity index (χ1v) is 8.93. The molecule has 0 atom stereocenters. The van der Waals surface area contributed by atoms with Crippen LogP contribution in [0.15, 0.2) is 58.2 Å². The van der Waals surface area contributed by atoms with Crippen molar-refractivity contribution in [3.05, 3.63) is 70.0 Å². The minimum absolute atomic E-state index is 0.0426. The van der Waals surface area contributed by atoms with Crippen LogP contribution in [-0.2, 0) is 0 Å². The molecule has 1 aromatic heterocycles. The van der Waals surface area contributed by atoms with Crippen LogP contribution in [0.5, 0.6) is 0 Å². The molecule has 0 aliphatic heterocycles. The minimum atomic E-state index is -0.605. The molecule has 3 aromatic rings. The molecule has 5 nitrogen and oxygen atoms in total. The lowest BCUT2D eigenvalue weighted by molar-refractivity contribution is 1.21. The molecule has 0 amide bonds. The molecule has 0 radical (unpaired) electrons. The van der Waals surface area contributed by atoms with Gasteiger partial charge in [-0.05, 0) is 35.1 Å². The fourth-order valence-electron chi connectivity index (χ4n) is 2.84. The maximum atomic E-state index is 12.2. The lowest BCUT2D eigenvalue weighted by Gasteiger charge is -2.14. The predicted molar refractivity (Wildman–Crippen MR) is 104 cm³/mol. The number of nitrogens with two attached hydrogens (primary N) is 1. The third kappa shape index (κ3) is 2.95. The molecule has 0 bridgehead atoms. The molecule has 6 heteroatoms. The van der Waals surface area contributed by atoms with Gasteiger partial charge in [-0.2, -0.15) is 10.5 Å². The third-order valence-corrected chi connectivity index (χ3v) is 4.81. The van der Waals surface area contributed by atoms with Gasteiger partial charge in [0.25, 0.3) is 5.56 Å². The fourth-order valence-corrected chi connectivity index (χ4v) is 3.24. The fraction of sp³-hybridized carbons (Fsp3) is 0.0500. The van der Waals surface area contributed by atoms with Crippen LogP contribution < -0.4 is 11.3 Å². The molecule has 2 aromatic carbocycles. The summed E-state index contributed by atoms with van der Waals surface area (Å²) in [6.45, 7) is 0. The zero-order valence-electron chi connectivity index (χ0n) is 13.9. The van der Waals surface area contributed by atoms with E-state index < -0.39 is 5.56 Å². The Balaban J connectivity index is 2.35. The van der Waals surface area contributed by atoms with Crippen LogP contribution in [0, 0.1) is 22.7 Å². The van der Waals surface area contributed by atoms with E-state index in [0.717, 1.165) is 16.0 Å². The number of anilines is 1. The van der Waals surface area contributed by atoms with Crippen LogP contribution in [0.3, 0.4) is 0 Å². The number of nitriles is 2. The molecule has 3 N–H and O–H groups in total. The zero-order chi connectivity index (χ0) is 18.7. The number of nitrogens with one attached hydrogen (secondary N) is 1. The van der Waals surface area contributed by atoms with Gasteiger partial charge in [0.1, 0.15) is 29.1 Å². The van der Waals surface area contributed by atoms with Crippen molar-refractivity contribution in [1.29, 1.82) is 10.5 Å². The molecule has 0 fully saturated rings. The van der Waals surface area contributed by atoms with Crippen LogP contribution in [0.25, 0.3) is 22.3 Å². The molecular formula is C20H14N4OS. The molecule has 0 spiro atoms. The summed E-state index contributed by atoms with van der Waals surface area (Å²) in [6.07, 6.45) is 2.00. The van der Waals surface area contributed by atoms with E-state index in [-0.39, 0.29) is 22.5 Å². The van der Waals surface area contributed by atoms with E-state index in [0.29, 0.717) is 5.56 Å². The number of aromatic amines is 1. The van der Waals surface area contributed by atoms with Gasteiger partial charge in [0.15, 0.2) is 0 Å². The normalized spacial score (nSPS) is 10.1. The first kappa shape index (κ1) is 17.3. The standard InChI is InChI=1S/C20H14N4OS/c1-26-13-8-6-12(7-9-13)14-4-2-3-5-15(14)18-16(10-21)19(23)24-20(25)17(18)11-22/h2-9H,1H3,(H3,23,24,25). The summed E-state index contributed by atoms with van der Waals surface area (Å²) >= 11 is 1.64. The number of aromatic nitrogens is 1. The topological polar surface area (TPSA) is 106 Å². The van der Waals surface area contributed by atoms with Crippen molar-refractivity contribution in [1.82, 2.24) is 4.98 Å². The Morgan fingerprint density at radius 1 is 0.962 bits per heavy atom. The maximum absolute atomic E-state index is 12.2. The molecule has 126 valence electrons. The highest BCUT2D eigenvalue weighted by Gasteiger charge is 2.20. The zero-order valence-corrected chi connectivity index (χ0v) is 14.7. The van der Waals surface area contributed by atoms with Crippen molar-refractivity contribution in [2.24, 2.45) is 0 Å². The Bertz CT molecular complexity index is 1120. The number of nitrogen functional groups attached to an aromatic ring is 1. The highest BCUT2D eigenvalue weighted by Crippen LogP contribution is 2.36. The predicted octanol–water partition coefficient (Wildman–Crippen LogP) is 3.76. The number of benzene rings is 2. The lowest BCUT2D eigenvalue weighted by atomic mass is 9.90. The molecule has 0 saturated carbocycles. The lowest BCUT2D eigenvalue weighted by Crippen LogP contribution is -2.16. The van der Waals surface area contributed by atoms with Gasteiger partial charge in [-0.1, -0.05) is 36.4 Å². The van der Waals surface area contributed by atoms with Crippen LogP contribution >= 0.6 is 11.8 Å². The quantitative estimate of drug-likeness (QED) is 0.693. The van der Waals surface area contributed by atoms with Gasteiger partial charge in [-0.3, -0.25) is 4.79 Å². The van der Waals surface area contributed by atoms with Crippen molar-refractivity contribution in [2.75, 3.05) is 12.0 Å². The number of H-pyrrole nitrogens is 1. The SMILES string of the molecule is CSc1ccc(-c2ccccc2-c2c(C#N)c(N)[nH]c(=O)c2C#N)cc1. The molecule has 26 heavy (non-hydrogen) atoms. The summed E-state index contributed by atoms with van der Waals surface area (Å²) in [7, 11) is 0. The number of hydrogen-bond acceptors (Lipinski definition) is 5. The number of nitrogens with zero attached hydrogens (tertiary/aromatic N) is 2. The number of hydrogen-bond donors (Lipinski definition) is 2. The number of rotatable bonds is 3. The first-order chi connectivity index (χ1) is 12.6. The highest BCUT2D eigenvalue weighted by atomic mass is 32.2.